The summed E-state index contributed by atoms with van der Waals surface area (Å²) < 4.78 is 6.89. The van der Waals surface area contributed by atoms with Crippen LogP contribution in [0.25, 0.3) is 10.2 Å². The standard InChI is InChI=1S/C19H16N2OS/c1-2-7-14(8-3-1)19(16-10-6-12-22-16)20-13-18-21-15-9-4-5-11-17(15)23-18/h1-12,19-20H,13H2/p+1/t19-/m1/s1. The van der Waals surface area contributed by atoms with Crippen molar-refractivity contribution in [2.24, 2.45) is 0 Å². The molecule has 2 aromatic carbocycles. The number of nitrogens with zero attached hydrogens (tertiary/aromatic N) is 1. The summed E-state index contributed by atoms with van der Waals surface area (Å²) in [5.74, 6) is 0.970. The Bertz CT molecular complexity index is 851. The maximum Gasteiger partial charge on any atom is 0.170 e. The maximum atomic E-state index is 5.65. The lowest BCUT2D eigenvalue weighted by molar-refractivity contribution is -0.704. The maximum absolute atomic E-state index is 5.65. The summed E-state index contributed by atoms with van der Waals surface area (Å²) in [7, 11) is 0. The van der Waals surface area contributed by atoms with Gasteiger partial charge in [-0.25, -0.2) is 4.98 Å². The van der Waals surface area contributed by atoms with Crippen molar-refractivity contribution in [1.82, 2.24) is 4.98 Å². The molecule has 0 amide bonds. The number of para-hydroxylation sites is 1. The van der Waals surface area contributed by atoms with Crippen LogP contribution in [0.15, 0.2) is 77.4 Å². The van der Waals surface area contributed by atoms with E-state index in [9.17, 15) is 0 Å². The molecule has 23 heavy (non-hydrogen) atoms. The third-order valence-corrected chi connectivity index (χ3v) is 4.93. The van der Waals surface area contributed by atoms with Crippen LogP contribution in [0.2, 0.25) is 0 Å². The molecule has 0 aliphatic rings. The number of hydrogen-bond acceptors (Lipinski definition) is 3. The molecule has 0 unspecified atom stereocenters. The Morgan fingerprint density at radius 2 is 1.78 bits per heavy atom. The minimum Gasteiger partial charge on any atom is -0.463 e. The molecule has 0 fully saturated rings. The number of aromatic nitrogens is 1. The normalized spacial score (nSPS) is 12.5. The Morgan fingerprint density at radius 1 is 0.957 bits per heavy atom. The number of benzene rings is 2. The summed E-state index contributed by atoms with van der Waals surface area (Å²) in [5.41, 5.74) is 2.32. The van der Waals surface area contributed by atoms with Crippen molar-refractivity contribution in [1.29, 1.82) is 0 Å². The SMILES string of the molecule is c1ccc([C@@H]([NH2+]Cc2nc3ccccc3s2)c2ccco2)cc1. The highest BCUT2D eigenvalue weighted by molar-refractivity contribution is 7.18. The van der Waals surface area contributed by atoms with Gasteiger partial charge in [0.1, 0.15) is 11.6 Å². The summed E-state index contributed by atoms with van der Waals surface area (Å²) in [5, 5.41) is 3.42. The predicted molar refractivity (Wildman–Crippen MR) is 92.2 cm³/mol. The smallest absolute Gasteiger partial charge is 0.170 e. The molecule has 4 aromatic rings. The van der Waals surface area contributed by atoms with Gasteiger partial charge in [-0.1, -0.05) is 42.5 Å². The molecule has 1 atom stereocenters. The van der Waals surface area contributed by atoms with Gasteiger partial charge >= 0.3 is 0 Å². The van der Waals surface area contributed by atoms with Gasteiger partial charge in [-0.2, -0.15) is 0 Å². The van der Waals surface area contributed by atoms with Gasteiger partial charge < -0.3 is 9.73 Å². The first-order valence-corrected chi connectivity index (χ1v) is 8.48. The van der Waals surface area contributed by atoms with Gasteiger partial charge in [0.15, 0.2) is 11.8 Å². The average Bonchev–Trinajstić information content (AvgIpc) is 3.25. The van der Waals surface area contributed by atoms with E-state index in [4.69, 9.17) is 9.40 Å². The van der Waals surface area contributed by atoms with Crippen molar-refractivity contribution in [3.63, 3.8) is 0 Å². The zero-order valence-corrected chi connectivity index (χ0v) is 13.4. The third kappa shape index (κ3) is 3.04. The second-order valence-corrected chi connectivity index (χ2v) is 6.53. The van der Waals surface area contributed by atoms with Crippen LogP contribution < -0.4 is 5.32 Å². The first-order chi connectivity index (χ1) is 11.4. The van der Waals surface area contributed by atoms with Crippen molar-refractivity contribution in [2.75, 3.05) is 0 Å². The van der Waals surface area contributed by atoms with Gasteiger partial charge in [0.2, 0.25) is 0 Å². The van der Waals surface area contributed by atoms with Crippen LogP contribution in [0.1, 0.15) is 22.4 Å². The van der Waals surface area contributed by atoms with E-state index in [1.807, 2.05) is 24.3 Å². The summed E-state index contributed by atoms with van der Waals surface area (Å²) in [4.78, 5) is 4.72. The fourth-order valence-electron chi connectivity index (χ4n) is 2.77. The summed E-state index contributed by atoms with van der Waals surface area (Å²) >= 11 is 1.76. The molecule has 4 rings (SSSR count). The van der Waals surface area contributed by atoms with E-state index in [-0.39, 0.29) is 6.04 Å². The molecule has 0 spiro atoms. The minimum atomic E-state index is 0.151. The van der Waals surface area contributed by atoms with Crippen LogP contribution in [-0.4, -0.2) is 4.98 Å². The van der Waals surface area contributed by atoms with Crippen molar-refractivity contribution in [3.05, 3.63) is 89.3 Å². The van der Waals surface area contributed by atoms with Gasteiger partial charge in [0.25, 0.3) is 0 Å². The Labute approximate surface area is 138 Å². The Morgan fingerprint density at radius 3 is 2.57 bits per heavy atom. The zero-order chi connectivity index (χ0) is 15.5. The fourth-order valence-corrected chi connectivity index (χ4v) is 3.71. The van der Waals surface area contributed by atoms with E-state index in [2.05, 4.69) is 47.8 Å². The van der Waals surface area contributed by atoms with Gasteiger partial charge in [0.05, 0.1) is 16.5 Å². The van der Waals surface area contributed by atoms with E-state index in [0.717, 1.165) is 22.8 Å². The monoisotopic (exact) mass is 321 g/mol. The van der Waals surface area contributed by atoms with Gasteiger partial charge in [0, 0.05) is 5.56 Å². The Hall–Kier alpha value is -2.43. The molecule has 0 radical (unpaired) electrons. The first kappa shape index (κ1) is 14.2. The molecule has 4 heteroatoms. The van der Waals surface area contributed by atoms with Crippen molar-refractivity contribution < 1.29 is 9.73 Å². The summed E-state index contributed by atoms with van der Waals surface area (Å²) in [6, 6.07) is 22.9. The molecule has 0 aliphatic carbocycles. The largest absolute Gasteiger partial charge is 0.463 e. The van der Waals surface area contributed by atoms with Gasteiger partial charge in [-0.15, -0.1) is 11.3 Å². The van der Waals surface area contributed by atoms with E-state index in [0.29, 0.717) is 0 Å². The predicted octanol–water partition coefficient (Wildman–Crippen LogP) is 3.74. The Kier molecular flexibility index (Phi) is 3.92. The molecule has 0 saturated heterocycles. The van der Waals surface area contributed by atoms with Gasteiger partial charge in [-0.05, 0) is 24.3 Å². The molecule has 2 heterocycles. The lowest BCUT2D eigenvalue weighted by Crippen LogP contribution is -2.83. The summed E-state index contributed by atoms with van der Waals surface area (Å²) in [6.45, 7) is 0.833. The highest BCUT2D eigenvalue weighted by atomic mass is 32.1. The second-order valence-electron chi connectivity index (χ2n) is 5.42. The van der Waals surface area contributed by atoms with Gasteiger partial charge in [-0.3, -0.25) is 0 Å². The first-order valence-electron chi connectivity index (χ1n) is 7.66. The number of quaternary nitrogens is 1. The zero-order valence-electron chi connectivity index (χ0n) is 12.6. The average molecular weight is 321 g/mol. The number of fused-ring (bicyclic) bond motifs is 1. The van der Waals surface area contributed by atoms with E-state index >= 15 is 0 Å². The molecule has 0 bridgehead atoms. The number of thiazole rings is 1. The molecule has 0 saturated carbocycles. The van der Waals surface area contributed by atoms with E-state index in [1.165, 1.54) is 10.3 Å². The van der Waals surface area contributed by atoms with Crippen molar-refractivity contribution in [2.45, 2.75) is 12.6 Å². The second kappa shape index (κ2) is 6.36. The number of nitrogens with two attached hydrogens (primary N) is 1. The molecule has 2 aromatic heterocycles. The van der Waals surface area contributed by atoms with Crippen LogP contribution in [0.3, 0.4) is 0 Å². The molecule has 0 aliphatic heterocycles. The Balaban J connectivity index is 1.58. The van der Waals surface area contributed by atoms with Crippen molar-refractivity contribution >= 4 is 21.6 Å². The lowest BCUT2D eigenvalue weighted by atomic mass is 10.0. The van der Waals surface area contributed by atoms with Crippen LogP contribution in [0, 0.1) is 0 Å². The van der Waals surface area contributed by atoms with E-state index < -0.39 is 0 Å². The number of rotatable bonds is 5. The molecular weight excluding hydrogens is 304 g/mol. The number of furan rings is 1. The molecule has 114 valence electrons. The van der Waals surface area contributed by atoms with Crippen LogP contribution in [0.5, 0.6) is 0 Å². The van der Waals surface area contributed by atoms with Crippen LogP contribution in [0.4, 0.5) is 0 Å². The van der Waals surface area contributed by atoms with E-state index in [1.54, 1.807) is 17.6 Å². The highest BCUT2D eigenvalue weighted by Crippen LogP contribution is 2.22. The van der Waals surface area contributed by atoms with Crippen LogP contribution >= 0.6 is 11.3 Å². The topological polar surface area (TPSA) is 42.6 Å². The number of hydrogen-bond donors (Lipinski definition) is 1. The third-order valence-electron chi connectivity index (χ3n) is 3.87. The minimum absolute atomic E-state index is 0.151. The highest BCUT2D eigenvalue weighted by Gasteiger charge is 2.20. The van der Waals surface area contributed by atoms with Crippen molar-refractivity contribution in [3.8, 4) is 0 Å². The molecule has 2 N–H and O–H groups in total. The molecule has 3 nitrogen and oxygen atoms in total. The molecular formula is C19H17N2OS+. The lowest BCUT2D eigenvalue weighted by Gasteiger charge is -2.13. The fraction of sp³-hybridized carbons (Fsp3) is 0.105. The van der Waals surface area contributed by atoms with Crippen LogP contribution in [-0.2, 0) is 6.54 Å². The quantitative estimate of drug-likeness (QED) is 0.608. The summed E-state index contributed by atoms with van der Waals surface area (Å²) in [6.07, 6.45) is 1.73.